The number of primary amides is 1. The van der Waals surface area contributed by atoms with Gasteiger partial charge in [-0.25, -0.2) is 0 Å². The van der Waals surface area contributed by atoms with Gasteiger partial charge in [0.05, 0.1) is 12.1 Å². The van der Waals surface area contributed by atoms with Crippen LogP contribution in [0.15, 0.2) is 0 Å². The van der Waals surface area contributed by atoms with Gasteiger partial charge in [0.1, 0.15) is 0 Å². The molecule has 0 rings (SSSR count). The Kier molecular flexibility index (Phi) is 3.32. The second-order valence-electron chi connectivity index (χ2n) is 2.53. The summed E-state index contributed by atoms with van der Waals surface area (Å²) in [6.45, 7) is 3.26. The van der Waals surface area contributed by atoms with Crippen molar-refractivity contribution in [3.63, 3.8) is 0 Å². The first-order valence-electron chi connectivity index (χ1n) is 3.19. The SMILES string of the molecule is C[C@@H]([C@H](C)O)[C@H](N)C(N)=O. The van der Waals surface area contributed by atoms with Crippen molar-refractivity contribution >= 4 is 5.91 Å². The highest BCUT2D eigenvalue weighted by Crippen LogP contribution is 2.05. The minimum absolute atomic E-state index is 0.280. The Labute approximate surface area is 60.2 Å². The number of hydrogen-bond donors (Lipinski definition) is 3. The Morgan fingerprint density at radius 3 is 2.00 bits per heavy atom. The maximum absolute atomic E-state index is 10.4. The van der Waals surface area contributed by atoms with Crippen LogP contribution in [-0.2, 0) is 4.79 Å². The Hall–Kier alpha value is -0.610. The highest BCUT2D eigenvalue weighted by atomic mass is 16.3. The molecule has 0 unspecified atom stereocenters. The molecule has 0 aromatic heterocycles. The number of aliphatic hydroxyl groups is 1. The summed E-state index contributed by atoms with van der Waals surface area (Å²) in [5, 5.41) is 8.95. The number of carbonyl (C=O) groups is 1. The molecule has 4 nitrogen and oxygen atoms in total. The summed E-state index contributed by atoms with van der Waals surface area (Å²) in [6, 6.07) is -0.750. The third-order valence-corrected chi connectivity index (χ3v) is 1.66. The smallest absolute Gasteiger partial charge is 0.234 e. The van der Waals surface area contributed by atoms with E-state index < -0.39 is 18.1 Å². The quantitative estimate of drug-likeness (QED) is 0.468. The predicted molar refractivity (Wildman–Crippen MR) is 38.0 cm³/mol. The first-order valence-corrected chi connectivity index (χ1v) is 3.19. The van der Waals surface area contributed by atoms with Crippen molar-refractivity contribution in [3.05, 3.63) is 0 Å². The molecule has 0 aromatic carbocycles. The summed E-state index contributed by atoms with van der Waals surface area (Å²) in [7, 11) is 0. The van der Waals surface area contributed by atoms with Gasteiger partial charge in [-0.3, -0.25) is 4.79 Å². The van der Waals surface area contributed by atoms with Crippen molar-refractivity contribution in [2.75, 3.05) is 0 Å². The summed E-state index contributed by atoms with van der Waals surface area (Å²) in [4.78, 5) is 10.4. The van der Waals surface area contributed by atoms with Crippen molar-refractivity contribution in [1.82, 2.24) is 0 Å². The standard InChI is InChI=1S/C6H14N2O2/c1-3(4(2)9)5(7)6(8)10/h3-5,9H,7H2,1-2H3,(H2,8,10)/t3-,4-,5-/m0/s1. The van der Waals surface area contributed by atoms with Gasteiger partial charge in [0.2, 0.25) is 5.91 Å². The van der Waals surface area contributed by atoms with Gasteiger partial charge in [-0.15, -0.1) is 0 Å². The molecule has 0 saturated heterocycles. The van der Waals surface area contributed by atoms with Crippen molar-refractivity contribution in [2.24, 2.45) is 17.4 Å². The van der Waals surface area contributed by atoms with E-state index >= 15 is 0 Å². The fraction of sp³-hybridized carbons (Fsp3) is 0.833. The highest BCUT2D eigenvalue weighted by Gasteiger charge is 2.21. The minimum atomic E-state index is -0.750. The summed E-state index contributed by atoms with van der Waals surface area (Å²) in [5.74, 6) is -0.856. The van der Waals surface area contributed by atoms with Gasteiger partial charge in [-0.2, -0.15) is 0 Å². The second kappa shape index (κ2) is 3.53. The zero-order valence-corrected chi connectivity index (χ0v) is 6.24. The maximum atomic E-state index is 10.4. The average Bonchev–Trinajstić information content (AvgIpc) is 1.84. The number of rotatable bonds is 3. The van der Waals surface area contributed by atoms with Gasteiger partial charge >= 0.3 is 0 Å². The Balaban J connectivity index is 3.94. The molecule has 0 aliphatic carbocycles. The molecule has 10 heavy (non-hydrogen) atoms. The van der Waals surface area contributed by atoms with E-state index in [0.717, 1.165) is 0 Å². The van der Waals surface area contributed by atoms with Crippen LogP contribution in [0, 0.1) is 5.92 Å². The summed E-state index contributed by atoms with van der Waals surface area (Å²) < 4.78 is 0. The molecule has 0 aromatic rings. The van der Waals surface area contributed by atoms with Gasteiger partial charge in [0, 0.05) is 5.92 Å². The molecule has 0 spiro atoms. The lowest BCUT2D eigenvalue weighted by Gasteiger charge is -2.18. The van der Waals surface area contributed by atoms with Gasteiger partial charge in [-0.1, -0.05) is 6.92 Å². The molecular weight excluding hydrogens is 132 g/mol. The normalized spacial score (nSPS) is 19.6. The van der Waals surface area contributed by atoms with Gasteiger partial charge < -0.3 is 16.6 Å². The van der Waals surface area contributed by atoms with E-state index in [9.17, 15) is 4.79 Å². The van der Waals surface area contributed by atoms with E-state index in [0.29, 0.717) is 0 Å². The molecule has 0 aliphatic heterocycles. The zero-order valence-electron chi connectivity index (χ0n) is 6.24. The van der Waals surface area contributed by atoms with Crippen LogP contribution in [0.4, 0.5) is 0 Å². The molecule has 0 fully saturated rings. The lowest BCUT2D eigenvalue weighted by molar-refractivity contribution is -0.121. The minimum Gasteiger partial charge on any atom is -0.393 e. The molecule has 0 aliphatic rings. The first-order chi connectivity index (χ1) is 4.46. The third-order valence-electron chi connectivity index (χ3n) is 1.66. The van der Waals surface area contributed by atoms with Crippen LogP contribution in [0.25, 0.3) is 0 Å². The van der Waals surface area contributed by atoms with E-state index in [2.05, 4.69) is 0 Å². The summed E-state index contributed by atoms with van der Waals surface area (Å²) >= 11 is 0. The first kappa shape index (κ1) is 9.39. The molecule has 0 heterocycles. The third kappa shape index (κ3) is 2.33. The van der Waals surface area contributed by atoms with Crippen LogP contribution in [0.2, 0.25) is 0 Å². The monoisotopic (exact) mass is 146 g/mol. The molecule has 3 atom stereocenters. The number of hydrogen-bond acceptors (Lipinski definition) is 3. The molecule has 4 heteroatoms. The van der Waals surface area contributed by atoms with Crippen molar-refractivity contribution < 1.29 is 9.90 Å². The number of nitrogens with two attached hydrogens (primary N) is 2. The molecular formula is C6H14N2O2. The van der Waals surface area contributed by atoms with Gasteiger partial charge in [0.15, 0.2) is 0 Å². The Bertz CT molecular complexity index is 125. The Morgan fingerprint density at radius 2 is 1.90 bits per heavy atom. The molecule has 0 saturated carbocycles. The topological polar surface area (TPSA) is 89.3 Å². The molecule has 60 valence electrons. The number of amides is 1. The average molecular weight is 146 g/mol. The molecule has 5 N–H and O–H groups in total. The van der Waals surface area contributed by atoms with Crippen LogP contribution in [-0.4, -0.2) is 23.2 Å². The maximum Gasteiger partial charge on any atom is 0.234 e. The molecule has 0 radical (unpaired) electrons. The van der Waals surface area contributed by atoms with Crippen LogP contribution >= 0.6 is 0 Å². The van der Waals surface area contributed by atoms with Crippen LogP contribution < -0.4 is 11.5 Å². The fourth-order valence-corrected chi connectivity index (χ4v) is 0.559. The largest absolute Gasteiger partial charge is 0.393 e. The van der Waals surface area contributed by atoms with E-state index in [1.807, 2.05) is 0 Å². The number of aliphatic hydroxyl groups excluding tert-OH is 1. The van der Waals surface area contributed by atoms with Crippen molar-refractivity contribution in [1.29, 1.82) is 0 Å². The fourth-order valence-electron chi connectivity index (χ4n) is 0.559. The summed E-state index contributed by atoms with van der Waals surface area (Å²) in [5.41, 5.74) is 10.2. The van der Waals surface area contributed by atoms with Crippen LogP contribution in [0.3, 0.4) is 0 Å². The Morgan fingerprint density at radius 1 is 1.50 bits per heavy atom. The van der Waals surface area contributed by atoms with Crippen molar-refractivity contribution in [2.45, 2.75) is 26.0 Å². The van der Waals surface area contributed by atoms with Crippen molar-refractivity contribution in [3.8, 4) is 0 Å². The predicted octanol–water partition coefficient (Wildman–Crippen LogP) is -1.18. The van der Waals surface area contributed by atoms with E-state index in [4.69, 9.17) is 16.6 Å². The van der Waals surface area contributed by atoms with Crippen LogP contribution in [0.1, 0.15) is 13.8 Å². The van der Waals surface area contributed by atoms with Gasteiger partial charge in [-0.05, 0) is 6.92 Å². The van der Waals surface area contributed by atoms with E-state index in [1.165, 1.54) is 0 Å². The highest BCUT2D eigenvalue weighted by molar-refractivity contribution is 5.79. The van der Waals surface area contributed by atoms with Gasteiger partial charge in [0.25, 0.3) is 0 Å². The van der Waals surface area contributed by atoms with Crippen LogP contribution in [0.5, 0.6) is 0 Å². The zero-order chi connectivity index (χ0) is 8.31. The van der Waals surface area contributed by atoms with E-state index in [1.54, 1.807) is 13.8 Å². The molecule has 0 bridgehead atoms. The molecule has 1 amide bonds. The second-order valence-corrected chi connectivity index (χ2v) is 2.53. The lowest BCUT2D eigenvalue weighted by atomic mass is 9.97. The van der Waals surface area contributed by atoms with E-state index in [-0.39, 0.29) is 5.92 Å². The lowest BCUT2D eigenvalue weighted by Crippen LogP contribution is -2.45. The number of carbonyl (C=O) groups excluding carboxylic acids is 1. The summed E-state index contributed by atoms with van der Waals surface area (Å²) in [6.07, 6.45) is -0.595.